The molecule has 0 unspecified atom stereocenters. The van der Waals surface area contributed by atoms with E-state index < -0.39 is 0 Å². The Kier molecular flexibility index (Phi) is 4.09. The molecule has 0 saturated heterocycles. The summed E-state index contributed by atoms with van der Waals surface area (Å²) in [5.41, 5.74) is 1.22. The summed E-state index contributed by atoms with van der Waals surface area (Å²) in [6.07, 6.45) is 5.31. The van der Waals surface area contributed by atoms with Gasteiger partial charge in [0.05, 0.1) is 3.39 Å². The van der Waals surface area contributed by atoms with Crippen molar-refractivity contribution in [3.8, 4) is 0 Å². The number of aromatic nitrogens is 1. The molecule has 1 nitrogen and oxygen atoms in total. The lowest BCUT2D eigenvalue weighted by Crippen LogP contribution is -1.96. The summed E-state index contributed by atoms with van der Waals surface area (Å²) in [6.45, 7) is 3.25. The Hall–Kier alpha value is -0.0200. The van der Waals surface area contributed by atoms with Crippen molar-refractivity contribution in [2.45, 2.75) is 19.9 Å². The number of halogens is 2. The predicted molar refractivity (Wildman–Crippen MR) is 60.6 cm³/mol. The Bertz CT molecular complexity index is 272. The molecule has 12 heavy (non-hydrogen) atoms. The van der Waals surface area contributed by atoms with Gasteiger partial charge in [-0.1, -0.05) is 6.92 Å². The number of nitrogens with zero attached hydrogens (tertiary/aromatic N) is 1. The molecule has 66 valence electrons. The van der Waals surface area contributed by atoms with Crippen LogP contribution in [-0.2, 0) is 6.54 Å². The molecule has 0 N–H and O–H groups in total. The van der Waals surface area contributed by atoms with Crippen LogP contribution in [0.25, 0.3) is 6.08 Å². The van der Waals surface area contributed by atoms with E-state index in [1.54, 1.807) is 0 Å². The lowest BCUT2D eigenvalue weighted by atomic mass is 10.4. The number of rotatable bonds is 3. The van der Waals surface area contributed by atoms with Crippen LogP contribution in [0.4, 0.5) is 0 Å². The van der Waals surface area contributed by atoms with Crippen molar-refractivity contribution < 1.29 is 0 Å². The van der Waals surface area contributed by atoms with E-state index in [-0.39, 0.29) is 0 Å². The predicted octanol–water partition coefficient (Wildman–Crippen LogP) is 3.99. The van der Waals surface area contributed by atoms with E-state index in [9.17, 15) is 0 Å². The maximum atomic E-state index is 3.35. The zero-order valence-electron chi connectivity index (χ0n) is 6.93. The van der Waals surface area contributed by atoms with Gasteiger partial charge in [0.2, 0.25) is 0 Å². The third kappa shape index (κ3) is 2.79. The van der Waals surface area contributed by atoms with Crippen molar-refractivity contribution in [3.05, 3.63) is 27.4 Å². The minimum atomic E-state index is 0.978. The maximum Gasteiger partial charge on any atom is 0.0624 e. The first-order valence-electron chi connectivity index (χ1n) is 3.92. The minimum Gasteiger partial charge on any atom is -0.348 e. The molecule has 1 aromatic heterocycles. The van der Waals surface area contributed by atoms with Gasteiger partial charge in [0, 0.05) is 18.4 Å². The van der Waals surface area contributed by atoms with Crippen molar-refractivity contribution in [2.75, 3.05) is 0 Å². The molecule has 0 aliphatic heterocycles. The smallest absolute Gasteiger partial charge is 0.0624 e. The minimum absolute atomic E-state index is 0.978. The van der Waals surface area contributed by atoms with E-state index in [0.29, 0.717) is 0 Å². The van der Waals surface area contributed by atoms with E-state index >= 15 is 0 Å². The van der Waals surface area contributed by atoms with Crippen LogP contribution in [-0.4, -0.2) is 4.57 Å². The van der Waals surface area contributed by atoms with Crippen molar-refractivity contribution in [2.24, 2.45) is 0 Å². The van der Waals surface area contributed by atoms with Gasteiger partial charge in [0.25, 0.3) is 0 Å². The summed E-state index contributed by atoms with van der Waals surface area (Å²) in [7, 11) is 0. The molecule has 0 aliphatic rings. The first-order valence-corrected chi connectivity index (χ1v) is 5.50. The van der Waals surface area contributed by atoms with Crippen LogP contribution in [0.1, 0.15) is 19.0 Å². The van der Waals surface area contributed by atoms with E-state index in [1.807, 2.05) is 0 Å². The maximum absolute atomic E-state index is 3.35. The van der Waals surface area contributed by atoms with E-state index in [4.69, 9.17) is 0 Å². The highest BCUT2D eigenvalue weighted by atomic mass is 79.9. The van der Waals surface area contributed by atoms with Gasteiger partial charge < -0.3 is 4.57 Å². The monoisotopic (exact) mass is 291 g/mol. The molecule has 1 rings (SSSR count). The fourth-order valence-electron chi connectivity index (χ4n) is 1.11. The summed E-state index contributed by atoms with van der Waals surface area (Å²) >= 11 is 6.69. The van der Waals surface area contributed by atoms with Crippen LogP contribution in [0.15, 0.2) is 21.7 Å². The first kappa shape index (κ1) is 10.1. The third-order valence-electron chi connectivity index (χ3n) is 1.59. The molecule has 0 spiro atoms. The average Bonchev–Trinajstić information content (AvgIpc) is 2.37. The fourth-order valence-corrected chi connectivity index (χ4v) is 1.58. The summed E-state index contributed by atoms with van der Waals surface area (Å²) in [6, 6.07) is 4.16. The first-order chi connectivity index (χ1) is 5.74. The Balaban J connectivity index is 2.84. The van der Waals surface area contributed by atoms with E-state index in [2.05, 4.69) is 67.8 Å². The number of hydrogen-bond donors (Lipinski definition) is 0. The Labute approximate surface area is 89.7 Å². The molecule has 0 fully saturated rings. The summed E-state index contributed by atoms with van der Waals surface area (Å²) in [5, 5.41) is 0. The lowest BCUT2D eigenvalue weighted by molar-refractivity contribution is 0.678. The fraction of sp³-hybridized carbons (Fsp3) is 0.333. The Morgan fingerprint density at radius 3 is 2.92 bits per heavy atom. The molecule has 0 aromatic carbocycles. The van der Waals surface area contributed by atoms with Crippen LogP contribution >= 0.6 is 31.9 Å². The van der Waals surface area contributed by atoms with Gasteiger partial charge in [-0.2, -0.15) is 0 Å². The van der Waals surface area contributed by atoms with Gasteiger partial charge in [-0.05, 0) is 56.5 Å². The van der Waals surface area contributed by atoms with E-state index in [0.717, 1.165) is 16.4 Å². The molecule has 0 aliphatic carbocycles. The molecule has 0 bridgehead atoms. The van der Waals surface area contributed by atoms with Gasteiger partial charge in [0.15, 0.2) is 0 Å². The van der Waals surface area contributed by atoms with Gasteiger partial charge in [-0.15, -0.1) is 0 Å². The van der Waals surface area contributed by atoms with E-state index in [1.165, 1.54) is 5.69 Å². The van der Waals surface area contributed by atoms with Crippen LogP contribution in [0.3, 0.4) is 0 Å². The highest BCUT2D eigenvalue weighted by Crippen LogP contribution is 2.18. The van der Waals surface area contributed by atoms with Crippen molar-refractivity contribution >= 4 is 37.9 Å². The second-order valence-corrected chi connectivity index (χ2v) is 5.33. The number of hydrogen-bond acceptors (Lipinski definition) is 0. The third-order valence-corrected chi connectivity index (χ3v) is 2.04. The van der Waals surface area contributed by atoms with Crippen molar-refractivity contribution in [3.63, 3.8) is 0 Å². The van der Waals surface area contributed by atoms with Crippen molar-refractivity contribution in [1.82, 2.24) is 4.57 Å². The largest absolute Gasteiger partial charge is 0.348 e. The molecular weight excluding hydrogens is 282 g/mol. The van der Waals surface area contributed by atoms with Crippen LogP contribution in [0, 0.1) is 0 Å². The summed E-state index contributed by atoms with van der Waals surface area (Å²) in [5.74, 6) is 0. The molecule has 0 atom stereocenters. The van der Waals surface area contributed by atoms with Gasteiger partial charge in [-0.3, -0.25) is 0 Å². The molecule has 0 amide bonds. The normalized spacial score (nSPS) is 9.92. The highest BCUT2D eigenvalue weighted by Gasteiger charge is 1.95. The van der Waals surface area contributed by atoms with Crippen LogP contribution in [0.2, 0.25) is 0 Å². The summed E-state index contributed by atoms with van der Waals surface area (Å²) in [4.78, 5) is 0. The van der Waals surface area contributed by atoms with Gasteiger partial charge >= 0.3 is 0 Å². The number of aryl methyl sites for hydroxylation is 1. The topological polar surface area (TPSA) is 4.93 Å². The standard InChI is InChI=1S/C9H11Br2N/c1-2-5-12-6-3-4-8(12)7-9(10)11/h3-4,6-7H,2,5H2,1H3. The Morgan fingerprint density at radius 1 is 1.58 bits per heavy atom. The van der Waals surface area contributed by atoms with Gasteiger partial charge in [0.1, 0.15) is 0 Å². The highest BCUT2D eigenvalue weighted by molar-refractivity contribution is 9.28. The molecule has 3 heteroatoms. The van der Waals surface area contributed by atoms with Crippen molar-refractivity contribution in [1.29, 1.82) is 0 Å². The summed E-state index contributed by atoms with van der Waals surface area (Å²) < 4.78 is 3.20. The average molecular weight is 293 g/mol. The van der Waals surface area contributed by atoms with Crippen LogP contribution in [0.5, 0.6) is 0 Å². The second-order valence-electron chi connectivity index (χ2n) is 2.56. The zero-order chi connectivity index (χ0) is 8.97. The molecular formula is C9H11Br2N. The molecule has 0 radical (unpaired) electrons. The SMILES string of the molecule is CCCn1cccc1C=C(Br)Br. The van der Waals surface area contributed by atoms with Crippen LogP contribution < -0.4 is 0 Å². The molecule has 1 aromatic rings. The molecule has 1 heterocycles. The lowest BCUT2D eigenvalue weighted by Gasteiger charge is -2.02. The molecule has 0 saturated carbocycles. The van der Waals surface area contributed by atoms with Gasteiger partial charge in [-0.25, -0.2) is 0 Å². The Morgan fingerprint density at radius 2 is 2.33 bits per heavy atom. The quantitative estimate of drug-likeness (QED) is 0.794. The second kappa shape index (κ2) is 4.87. The zero-order valence-corrected chi connectivity index (χ0v) is 10.1.